The molecular weight excluding hydrogens is 220 g/mol. The Morgan fingerprint density at radius 3 is 2.44 bits per heavy atom. The average molecular weight is 235 g/mol. The van der Waals surface area contributed by atoms with E-state index in [9.17, 15) is 0 Å². The monoisotopic (exact) mass is 235 g/mol. The maximum Gasteiger partial charge on any atom is 0.227 e. The zero-order valence-corrected chi connectivity index (χ0v) is 10.3. The van der Waals surface area contributed by atoms with Crippen LogP contribution in [0.5, 0.6) is 0 Å². The third-order valence-electron chi connectivity index (χ3n) is 2.97. The molecule has 0 saturated heterocycles. The van der Waals surface area contributed by atoms with Gasteiger partial charge in [0.2, 0.25) is 11.4 Å². The Morgan fingerprint density at radius 1 is 0.889 bits per heavy atom. The summed E-state index contributed by atoms with van der Waals surface area (Å²) >= 11 is 0. The number of anilines is 1. The number of benzene rings is 2. The molecule has 88 valence electrons. The summed E-state index contributed by atoms with van der Waals surface area (Å²) < 4.78 is 0. The number of rotatable bonds is 1. The van der Waals surface area contributed by atoms with E-state index in [1.165, 1.54) is 5.56 Å². The van der Waals surface area contributed by atoms with Gasteiger partial charge in [-0.15, -0.1) is 0 Å². The lowest BCUT2D eigenvalue weighted by molar-refractivity contribution is -0.350. The van der Waals surface area contributed by atoms with E-state index < -0.39 is 0 Å². The predicted octanol–water partition coefficient (Wildman–Crippen LogP) is 2.22. The van der Waals surface area contributed by atoms with Gasteiger partial charge in [0.15, 0.2) is 0 Å². The summed E-state index contributed by atoms with van der Waals surface area (Å²) in [6.45, 7) is 2.08. The van der Waals surface area contributed by atoms with Crippen molar-refractivity contribution < 1.29 is 4.99 Å². The average Bonchev–Trinajstić information content (AvgIpc) is 2.57. The Bertz CT molecular complexity index is 625. The van der Waals surface area contributed by atoms with Crippen LogP contribution in [0.2, 0.25) is 0 Å². The lowest BCUT2D eigenvalue weighted by atomic mass is 10.1. The van der Waals surface area contributed by atoms with Gasteiger partial charge in [-0.05, 0) is 25.1 Å². The minimum absolute atomic E-state index is 1.10. The minimum atomic E-state index is 1.10. The van der Waals surface area contributed by atoms with Crippen LogP contribution in [-0.4, -0.2) is 5.71 Å². The molecular formula is C16H15N2+. The maximum atomic E-state index is 3.48. The van der Waals surface area contributed by atoms with Crippen LogP contribution in [0.25, 0.3) is 0 Å². The smallest absolute Gasteiger partial charge is 0.227 e. The van der Waals surface area contributed by atoms with Gasteiger partial charge in [0, 0.05) is 23.4 Å². The number of hydrogen-bond acceptors (Lipinski definition) is 1. The summed E-state index contributed by atoms with van der Waals surface area (Å²) in [4.78, 5) is 3.48. The van der Waals surface area contributed by atoms with Crippen molar-refractivity contribution in [1.82, 2.24) is 0 Å². The predicted molar refractivity (Wildman–Crippen MR) is 75.0 cm³/mol. The van der Waals surface area contributed by atoms with Crippen molar-refractivity contribution in [3.05, 3.63) is 71.9 Å². The van der Waals surface area contributed by atoms with Crippen molar-refractivity contribution in [3.63, 3.8) is 0 Å². The summed E-state index contributed by atoms with van der Waals surface area (Å²) in [7, 11) is 0. The van der Waals surface area contributed by atoms with Gasteiger partial charge in [0.1, 0.15) is 5.69 Å². The van der Waals surface area contributed by atoms with Gasteiger partial charge in [-0.3, -0.25) is 0 Å². The molecule has 2 aromatic carbocycles. The molecule has 3 rings (SSSR count). The molecule has 0 amide bonds. The van der Waals surface area contributed by atoms with Crippen molar-refractivity contribution in [2.75, 3.05) is 5.32 Å². The molecule has 0 fully saturated rings. The largest absolute Gasteiger partial charge is 0.354 e. The van der Waals surface area contributed by atoms with Gasteiger partial charge < -0.3 is 5.32 Å². The molecule has 1 aliphatic rings. The second-order valence-corrected chi connectivity index (χ2v) is 4.40. The van der Waals surface area contributed by atoms with E-state index in [2.05, 4.69) is 59.7 Å². The zero-order chi connectivity index (χ0) is 12.4. The van der Waals surface area contributed by atoms with Crippen LogP contribution in [0.4, 0.5) is 11.4 Å². The summed E-state index contributed by atoms with van der Waals surface area (Å²) in [6, 6.07) is 18.6. The zero-order valence-electron chi connectivity index (χ0n) is 10.3. The Labute approximate surface area is 107 Å². The van der Waals surface area contributed by atoms with Crippen molar-refractivity contribution in [2.24, 2.45) is 0 Å². The fourth-order valence-electron chi connectivity index (χ4n) is 2.12. The third-order valence-corrected chi connectivity index (χ3v) is 2.97. The molecule has 0 aliphatic carbocycles. The fraction of sp³-hybridized carbons (Fsp3) is 0.0625. The molecule has 0 aromatic heterocycles. The van der Waals surface area contributed by atoms with Gasteiger partial charge in [0.25, 0.3) is 0 Å². The van der Waals surface area contributed by atoms with Crippen molar-refractivity contribution in [2.45, 2.75) is 6.92 Å². The van der Waals surface area contributed by atoms with Gasteiger partial charge in [-0.2, -0.15) is 0 Å². The van der Waals surface area contributed by atoms with Crippen molar-refractivity contribution >= 4 is 17.1 Å². The highest BCUT2D eigenvalue weighted by Crippen LogP contribution is 2.19. The Hall–Kier alpha value is -2.35. The quantitative estimate of drug-likeness (QED) is 0.778. The molecule has 2 heteroatoms. The normalized spacial score (nSPS) is 13.8. The lowest BCUT2D eigenvalue weighted by Gasteiger charge is -2.02. The highest BCUT2D eigenvalue weighted by Gasteiger charge is 2.15. The third kappa shape index (κ3) is 2.05. The van der Waals surface area contributed by atoms with E-state index in [1.54, 1.807) is 0 Å². The molecule has 0 saturated carbocycles. The van der Waals surface area contributed by atoms with Crippen LogP contribution in [0, 0.1) is 0 Å². The molecule has 0 radical (unpaired) electrons. The van der Waals surface area contributed by atoms with Gasteiger partial charge in [0.05, 0.1) is 0 Å². The Kier molecular flexibility index (Phi) is 2.69. The van der Waals surface area contributed by atoms with E-state index in [4.69, 9.17) is 0 Å². The lowest BCUT2D eigenvalue weighted by Crippen LogP contribution is -2.66. The fourth-order valence-corrected chi connectivity index (χ4v) is 2.12. The second-order valence-electron chi connectivity index (χ2n) is 4.40. The first-order chi connectivity index (χ1) is 8.83. The van der Waals surface area contributed by atoms with Crippen LogP contribution in [0.3, 0.4) is 0 Å². The number of fused-ring (bicyclic) bond motifs is 1. The van der Waals surface area contributed by atoms with Crippen molar-refractivity contribution in [3.8, 4) is 0 Å². The molecule has 2 aromatic rings. The number of hydrogen-bond donors (Lipinski definition) is 2. The topological polar surface area (TPSA) is 26.0 Å². The van der Waals surface area contributed by atoms with Gasteiger partial charge in [-0.1, -0.05) is 30.3 Å². The summed E-state index contributed by atoms with van der Waals surface area (Å²) in [6.07, 6.45) is 2.13. The highest BCUT2D eigenvalue weighted by atomic mass is 14.9. The molecule has 1 aliphatic heterocycles. The number of nitrogens with one attached hydrogen (secondary N) is 2. The Balaban J connectivity index is 2.15. The molecule has 2 nitrogen and oxygen atoms in total. The summed E-state index contributed by atoms with van der Waals surface area (Å²) in [5.74, 6) is 0. The molecule has 18 heavy (non-hydrogen) atoms. The van der Waals surface area contributed by atoms with Crippen LogP contribution in [0.1, 0.15) is 12.5 Å². The first-order valence-corrected chi connectivity index (χ1v) is 6.07. The molecule has 0 bridgehead atoms. The van der Waals surface area contributed by atoms with Crippen LogP contribution >= 0.6 is 0 Å². The molecule has 0 unspecified atom stereocenters. The first-order valence-electron chi connectivity index (χ1n) is 6.07. The van der Waals surface area contributed by atoms with E-state index in [1.807, 2.05) is 18.2 Å². The number of para-hydroxylation sites is 2. The molecule has 2 N–H and O–H groups in total. The Morgan fingerprint density at radius 2 is 1.61 bits per heavy atom. The van der Waals surface area contributed by atoms with Crippen molar-refractivity contribution in [1.29, 1.82) is 0 Å². The number of allylic oxidation sites excluding steroid dienone is 2. The van der Waals surface area contributed by atoms with E-state index in [0.29, 0.717) is 0 Å². The SMILES string of the molecule is CC1=CC(c2ccccc2)=[NH+]c2ccccc2N1. The summed E-state index contributed by atoms with van der Waals surface area (Å²) in [5.41, 5.74) is 5.65. The summed E-state index contributed by atoms with van der Waals surface area (Å²) in [5, 5.41) is 3.40. The molecule has 0 spiro atoms. The van der Waals surface area contributed by atoms with Gasteiger partial charge in [-0.25, -0.2) is 4.99 Å². The molecule has 0 atom stereocenters. The highest BCUT2D eigenvalue weighted by molar-refractivity contribution is 6.06. The first kappa shape index (κ1) is 10.8. The van der Waals surface area contributed by atoms with E-state index in [0.717, 1.165) is 22.8 Å². The van der Waals surface area contributed by atoms with Crippen LogP contribution in [0.15, 0.2) is 66.4 Å². The second kappa shape index (κ2) is 4.49. The van der Waals surface area contributed by atoms with Crippen LogP contribution < -0.4 is 10.3 Å². The standard InChI is InChI=1S/C16H14N2/c1-12-11-16(13-7-3-2-4-8-13)18-15-10-6-5-9-14(15)17-12/h2-11,17H,1H3/p+1. The minimum Gasteiger partial charge on any atom is -0.354 e. The maximum absolute atomic E-state index is 3.48. The van der Waals surface area contributed by atoms with Gasteiger partial charge >= 0.3 is 0 Å². The van der Waals surface area contributed by atoms with Crippen LogP contribution in [-0.2, 0) is 0 Å². The van der Waals surface area contributed by atoms with E-state index >= 15 is 0 Å². The van der Waals surface area contributed by atoms with E-state index in [-0.39, 0.29) is 0 Å². The molecule has 1 heterocycles.